The van der Waals surface area contributed by atoms with Crippen LogP contribution in [0.5, 0.6) is 11.5 Å². The molecule has 6 nitrogen and oxygen atoms in total. The Morgan fingerprint density at radius 3 is 2.12 bits per heavy atom. The van der Waals surface area contributed by atoms with Crippen molar-refractivity contribution in [2.75, 3.05) is 21.3 Å². The summed E-state index contributed by atoms with van der Waals surface area (Å²) in [6, 6.07) is 14.3. The maximum atomic E-state index is 13.0. The molecule has 0 saturated heterocycles. The molecule has 1 atom stereocenters. The van der Waals surface area contributed by atoms with Gasteiger partial charge in [-0.2, -0.15) is 0 Å². The van der Waals surface area contributed by atoms with Gasteiger partial charge in [-0.05, 0) is 24.1 Å². The molecule has 2 rings (SSSR count). The standard InChI is InChI=1S/C20H24N2O4/c1-22(16(12-19(21)23)9-14-7-5-4-6-8-14)20(24)15-10-17(25-2)13-18(11-15)26-3/h4-8,10-11,13,16H,9,12H2,1-3H3,(H2,21,23)/t16-/m0/s1. The molecule has 0 radical (unpaired) electrons. The van der Waals surface area contributed by atoms with Gasteiger partial charge in [0.25, 0.3) is 5.91 Å². The summed E-state index contributed by atoms with van der Waals surface area (Å²) in [4.78, 5) is 26.0. The molecule has 0 fully saturated rings. The molecular formula is C20H24N2O4. The lowest BCUT2D eigenvalue weighted by atomic mass is 10.0. The van der Waals surface area contributed by atoms with Crippen LogP contribution < -0.4 is 15.2 Å². The van der Waals surface area contributed by atoms with Crippen LogP contribution in [0.3, 0.4) is 0 Å². The molecular weight excluding hydrogens is 332 g/mol. The summed E-state index contributed by atoms with van der Waals surface area (Å²) in [5.41, 5.74) is 6.85. The van der Waals surface area contributed by atoms with E-state index in [1.165, 1.54) is 14.2 Å². The average Bonchev–Trinajstić information content (AvgIpc) is 2.66. The Hall–Kier alpha value is -3.02. The number of carbonyl (C=O) groups is 2. The fourth-order valence-electron chi connectivity index (χ4n) is 2.76. The average molecular weight is 356 g/mol. The van der Waals surface area contributed by atoms with Gasteiger partial charge in [0.2, 0.25) is 5.91 Å². The van der Waals surface area contributed by atoms with E-state index in [4.69, 9.17) is 15.2 Å². The van der Waals surface area contributed by atoms with E-state index in [9.17, 15) is 9.59 Å². The topological polar surface area (TPSA) is 81.9 Å². The van der Waals surface area contributed by atoms with Crippen LogP contribution in [0, 0.1) is 0 Å². The van der Waals surface area contributed by atoms with Crippen molar-refractivity contribution in [3.8, 4) is 11.5 Å². The molecule has 0 aliphatic heterocycles. The third kappa shape index (κ3) is 4.99. The normalized spacial score (nSPS) is 11.5. The smallest absolute Gasteiger partial charge is 0.254 e. The summed E-state index contributed by atoms with van der Waals surface area (Å²) in [6.07, 6.45) is 0.616. The molecule has 0 aliphatic rings. The number of nitrogens with zero attached hydrogens (tertiary/aromatic N) is 1. The van der Waals surface area contributed by atoms with E-state index >= 15 is 0 Å². The second kappa shape index (κ2) is 8.89. The van der Waals surface area contributed by atoms with Crippen molar-refractivity contribution in [3.05, 3.63) is 59.7 Å². The van der Waals surface area contributed by atoms with Gasteiger partial charge < -0.3 is 20.1 Å². The van der Waals surface area contributed by atoms with Crippen molar-refractivity contribution in [2.45, 2.75) is 18.9 Å². The number of methoxy groups -OCH3 is 2. The summed E-state index contributed by atoms with van der Waals surface area (Å²) < 4.78 is 10.4. The number of primary amides is 1. The predicted octanol–water partition coefficient (Wildman–Crippen LogP) is 2.26. The van der Waals surface area contributed by atoms with E-state index in [0.29, 0.717) is 23.5 Å². The van der Waals surface area contributed by atoms with Gasteiger partial charge in [-0.25, -0.2) is 0 Å². The molecule has 0 bridgehead atoms. The quantitative estimate of drug-likeness (QED) is 0.787. The lowest BCUT2D eigenvalue weighted by molar-refractivity contribution is -0.118. The summed E-state index contributed by atoms with van der Waals surface area (Å²) in [5, 5.41) is 0. The first-order chi connectivity index (χ1) is 12.4. The SMILES string of the molecule is COc1cc(OC)cc(C(=O)N(C)[C@H](CC(N)=O)Cc2ccccc2)c1. The summed E-state index contributed by atoms with van der Waals surface area (Å²) in [7, 11) is 4.72. The maximum absolute atomic E-state index is 13.0. The minimum atomic E-state index is -0.450. The Morgan fingerprint density at radius 2 is 1.62 bits per heavy atom. The first-order valence-electron chi connectivity index (χ1n) is 8.27. The first kappa shape index (κ1) is 19.3. The molecule has 0 aromatic heterocycles. The molecule has 2 N–H and O–H groups in total. The molecule has 0 heterocycles. The molecule has 0 spiro atoms. The molecule has 2 amide bonds. The number of benzene rings is 2. The molecule has 2 aromatic rings. The number of likely N-dealkylation sites (N-methyl/N-ethyl adjacent to an activating group) is 1. The van der Waals surface area contributed by atoms with Gasteiger partial charge in [0.15, 0.2) is 0 Å². The zero-order valence-corrected chi connectivity index (χ0v) is 15.3. The molecule has 6 heteroatoms. The van der Waals surface area contributed by atoms with Gasteiger partial charge in [-0.3, -0.25) is 9.59 Å². The monoisotopic (exact) mass is 356 g/mol. The second-order valence-electron chi connectivity index (χ2n) is 6.03. The van der Waals surface area contributed by atoms with Crippen molar-refractivity contribution in [1.29, 1.82) is 0 Å². The Balaban J connectivity index is 2.27. The van der Waals surface area contributed by atoms with Crippen molar-refractivity contribution < 1.29 is 19.1 Å². The van der Waals surface area contributed by atoms with Gasteiger partial charge in [0.05, 0.1) is 14.2 Å². The van der Waals surface area contributed by atoms with Crippen LogP contribution in [0.25, 0.3) is 0 Å². The zero-order chi connectivity index (χ0) is 19.1. The number of nitrogens with two attached hydrogens (primary N) is 1. The molecule has 0 unspecified atom stereocenters. The van der Waals surface area contributed by atoms with Crippen LogP contribution >= 0.6 is 0 Å². The number of ether oxygens (including phenoxy) is 2. The molecule has 0 saturated carbocycles. The lowest BCUT2D eigenvalue weighted by Crippen LogP contribution is -2.41. The Kier molecular flexibility index (Phi) is 6.60. The minimum Gasteiger partial charge on any atom is -0.497 e. The third-order valence-corrected chi connectivity index (χ3v) is 4.22. The van der Waals surface area contributed by atoms with Crippen LogP contribution in [0.15, 0.2) is 48.5 Å². The van der Waals surface area contributed by atoms with Crippen molar-refractivity contribution in [2.24, 2.45) is 5.73 Å². The van der Waals surface area contributed by atoms with Crippen molar-refractivity contribution >= 4 is 11.8 Å². The van der Waals surface area contributed by atoms with Crippen LogP contribution in [0.1, 0.15) is 22.3 Å². The fraction of sp³-hybridized carbons (Fsp3) is 0.300. The van der Waals surface area contributed by atoms with Gasteiger partial charge in [0, 0.05) is 31.1 Å². The highest BCUT2D eigenvalue weighted by Gasteiger charge is 2.24. The minimum absolute atomic E-state index is 0.0816. The lowest BCUT2D eigenvalue weighted by Gasteiger charge is -2.28. The molecule has 138 valence electrons. The van der Waals surface area contributed by atoms with Crippen molar-refractivity contribution in [1.82, 2.24) is 4.90 Å². The maximum Gasteiger partial charge on any atom is 0.254 e. The zero-order valence-electron chi connectivity index (χ0n) is 15.3. The highest BCUT2D eigenvalue weighted by Crippen LogP contribution is 2.24. The van der Waals surface area contributed by atoms with E-state index in [2.05, 4.69) is 0 Å². The van der Waals surface area contributed by atoms with Gasteiger partial charge in [-0.15, -0.1) is 0 Å². The predicted molar refractivity (Wildman–Crippen MR) is 99.4 cm³/mol. The van der Waals surface area contributed by atoms with Crippen LogP contribution in [-0.2, 0) is 11.2 Å². The van der Waals surface area contributed by atoms with Gasteiger partial charge in [0.1, 0.15) is 11.5 Å². The summed E-state index contributed by atoms with van der Waals surface area (Å²) in [5.74, 6) is 0.365. The number of carbonyl (C=O) groups excluding carboxylic acids is 2. The Morgan fingerprint density at radius 1 is 1.04 bits per heavy atom. The molecule has 0 aliphatic carbocycles. The second-order valence-corrected chi connectivity index (χ2v) is 6.03. The van der Waals surface area contributed by atoms with Crippen molar-refractivity contribution in [3.63, 3.8) is 0 Å². The van der Waals surface area contributed by atoms with Gasteiger partial charge in [-0.1, -0.05) is 30.3 Å². The summed E-state index contributed by atoms with van der Waals surface area (Å²) in [6.45, 7) is 0. The number of hydrogen-bond donors (Lipinski definition) is 1. The fourth-order valence-corrected chi connectivity index (χ4v) is 2.76. The first-order valence-corrected chi connectivity index (χ1v) is 8.27. The highest BCUT2D eigenvalue weighted by atomic mass is 16.5. The number of rotatable bonds is 8. The third-order valence-electron chi connectivity index (χ3n) is 4.22. The van der Waals surface area contributed by atoms with E-state index < -0.39 is 5.91 Å². The number of hydrogen-bond acceptors (Lipinski definition) is 4. The van der Waals surface area contributed by atoms with E-state index in [0.717, 1.165) is 5.56 Å². The van der Waals surface area contributed by atoms with Crippen LogP contribution in [-0.4, -0.2) is 44.0 Å². The van der Waals surface area contributed by atoms with E-state index in [1.54, 1.807) is 30.1 Å². The van der Waals surface area contributed by atoms with Crippen LogP contribution in [0.2, 0.25) is 0 Å². The summed E-state index contributed by atoms with van der Waals surface area (Å²) >= 11 is 0. The largest absolute Gasteiger partial charge is 0.497 e. The van der Waals surface area contributed by atoms with Gasteiger partial charge >= 0.3 is 0 Å². The molecule has 26 heavy (non-hydrogen) atoms. The highest BCUT2D eigenvalue weighted by molar-refractivity contribution is 5.95. The van der Waals surface area contributed by atoms with Crippen LogP contribution in [0.4, 0.5) is 0 Å². The Bertz CT molecular complexity index is 739. The van der Waals surface area contributed by atoms with E-state index in [1.807, 2.05) is 30.3 Å². The van der Waals surface area contributed by atoms with E-state index in [-0.39, 0.29) is 18.4 Å². The number of amides is 2. The molecule has 2 aromatic carbocycles. The Labute approximate surface area is 153 Å².